The van der Waals surface area contributed by atoms with Gasteiger partial charge in [-0.1, -0.05) is 24.9 Å². The molecular formula is C14H18ClN3O3. The largest absolute Gasteiger partial charge is 0.349 e. The maximum Gasteiger partial charge on any atom is 0.319 e. The second-order valence-electron chi connectivity index (χ2n) is 5.35. The summed E-state index contributed by atoms with van der Waals surface area (Å²) in [5.41, 5.74) is -0.462. The van der Waals surface area contributed by atoms with Gasteiger partial charge in [0, 0.05) is 12.2 Å². The van der Waals surface area contributed by atoms with E-state index in [1.54, 1.807) is 0 Å². The Bertz CT molecular complexity index is 542. The minimum absolute atomic E-state index is 0.0300. The summed E-state index contributed by atoms with van der Waals surface area (Å²) >= 11 is 5.72. The van der Waals surface area contributed by atoms with E-state index in [4.69, 9.17) is 11.6 Å². The molecule has 0 bridgehead atoms. The van der Waals surface area contributed by atoms with Crippen LogP contribution in [0.15, 0.2) is 12.3 Å². The Morgan fingerprint density at radius 1 is 1.48 bits per heavy atom. The van der Waals surface area contributed by atoms with Crippen molar-refractivity contribution in [1.29, 1.82) is 0 Å². The van der Waals surface area contributed by atoms with Crippen molar-refractivity contribution in [3.8, 4) is 0 Å². The lowest BCUT2D eigenvalue weighted by atomic mass is 9.84. The summed E-state index contributed by atoms with van der Waals surface area (Å²) in [5.74, 6) is 0.272. The van der Waals surface area contributed by atoms with Crippen molar-refractivity contribution in [2.75, 3.05) is 0 Å². The SMILES string of the molecule is CCC1CCC(NC(=O)c2ccnc(Cl)c2[N+](=O)[O-])CC1. The van der Waals surface area contributed by atoms with Gasteiger partial charge < -0.3 is 5.32 Å². The number of amides is 1. The highest BCUT2D eigenvalue weighted by Crippen LogP contribution is 2.28. The van der Waals surface area contributed by atoms with Crippen molar-refractivity contribution < 1.29 is 9.72 Å². The van der Waals surface area contributed by atoms with E-state index in [9.17, 15) is 14.9 Å². The first-order valence-electron chi connectivity index (χ1n) is 7.12. The van der Waals surface area contributed by atoms with Gasteiger partial charge in [0.2, 0.25) is 5.15 Å². The zero-order valence-electron chi connectivity index (χ0n) is 11.8. The van der Waals surface area contributed by atoms with Crippen LogP contribution in [0.25, 0.3) is 0 Å². The van der Waals surface area contributed by atoms with Crippen molar-refractivity contribution in [3.63, 3.8) is 0 Å². The van der Waals surface area contributed by atoms with Crippen LogP contribution in [0.5, 0.6) is 0 Å². The van der Waals surface area contributed by atoms with Gasteiger partial charge in [-0.15, -0.1) is 0 Å². The fraction of sp³-hybridized carbons (Fsp3) is 0.571. The number of rotatable bonds is 4. The topological polar surface area (TPSA) is 85.1 Å². The first kappa shape index (κ1) is 15.7. The number of aromatic nitrogens is 1. The summed E-state index contributed by atoms with van der Waals surface area (Å²) in [6, 6.07) is 1.41. The van der Waals surface area contributed by atoms with Crippen LogP contribution in [0.2, 0.25) is 5.15 Å². The molecule has 0 spiro atoms. The Morgan fingerprint density at radius 3 is 2.71 bits per heavy atom. The zero-order chi connectivity index (χ0) is 15.4. The Labute approximate surface area is 128 Å². The third-order valence-electron chi connectivity index (χ3n) is 4.07. The Kier molecular flexibility index (Phi) is 5.12. The van der Waals surface area contributed by atoms with Crippen LogP contribution in [-0.2, 0) is 0 Å². The first-order chi connectivity index (χ1) is 10.0. The molecule has 2 rings (SSSR count). The molecule has 0 atom stereocenters. The molecule has 1 aliphatic rings. The third kappa shape index (κ3) is 3.69. The quantitative estimate of drug-likeness (QED) is 0.525. The second kappa shape index (κ2) is 6.85. The molecule has 1 aromatic heterocycles. The molecular weight excluding hydrogens is 294 g/mol. The minimum atomic E-state index is -0.668. The number of nitrogens with zero attached hydrogens (tertiary/aromatic N) is 2. The molecule has 21 heavy (non-hydrogen) atoms. The third-order valence-corrected chi connectivity index (χ3v) is 4.34. The van der Waals surface area contributed by atoms with Crippen molar-refractivity contribution in [2.45, 2.75) is 45.1 Å². The molecule has 1 aliphatic carbocycles. The number of pyridine rings is 1. The maximum absolute atomic E-state index is 12.2. The van der Waals surface area contributed by atoms with Crippen LogP contribution in [-0.4, -0.2) is 21.9 Å². The van der Waals surface area contributed by atoms with Crippen molar-refractivity contribution in [3.05, 3.63) is 33.1 Å². The van der Waals surface area contributed by atoms with E-state index in [0.717, 1.165) is 38.0 Å². The number of halogens is 1. The van der Waals surface area contributed by atoms with Crippen LogP contribution in [0.1, 0.15) is 49.4 Å². The molecule has 7 heteroatoms. The molecule has 1 N–H and O–H groups in total. The van der Waals surface area contributed by atoms with Crippen LogP contribution >= 0.6 is 11.6 Å². The van der Waals surface area contributed by atoms with Crippen molar-refractivity contribution in [1.82, 2.24) is 10.3 Å². The van der Waals surface area contributed by atoms with E-state index in [-0.39, 0.29) is 16.8 Å². The Hall–Kier alpha value is -1.69. The molecule has 1 saturated carbocycles. The number of carbonyl (C=O) groups excluding carboxylic acids is 1. The number of carbonyl (C=O) groups is 1. The number of hydrogen-bond acceptors (Lipinski definition) is 4. The standard InChI is InChI=1S/C14H18ClN3O3/c1-2-9-3-5-10(6-4-9)17-14(19)11-7-8-16-13(15)12(11)18(20)21/h7-10H,2-6H2,1H3,(H,17,19). The Morgan fingerprint density at radius 2 is 2.14 bits per heavy atom. The van der Waals surface area contributed by atoms with E-state index < -0.39 is 16.5 Å². The van der Waals surface area contributed by atoms with Crippen LogP contribution in [0, 0.1) is 16.0 Å². The van der Waals surface area contributed by atoms with Gasteiger partial charge in [0.1, 0.15) is 5.56 Å². The van der Waals surface area contributed by atoms with Gasteiger partial charge in [-0.2, -0.15) is 0 Å². The first-order valence-corrected chi connectivity index (χ1v) is 7.50. The summed E-state index contributed by atoms with van der Waals surface area (Å²) in [7, 11) is 0. The van der Waals surface area contributed by atoms with Crippen LogP contribution < -0.4 is 5.32 Å². The predicted molar refractivity (Wildman–Crippen MR) is 79.4 cm³/mol. The average Bonchev–Trinajstić information content (AvgIpc) is 2.47. The van der Waals surface area contributed by atoms with Gasteiger partial charge in [0.15, 0.2) is 0 Å². The predicted octanol–water partition coefficient (Wildman–Crippen LogP) is 3.34. The number of nitro groups is 1. The molecule has 0 radical (unpaired) electrons. The fourth-order valence-electron chi connectivity index (χ4n) is 2.76. The van der Waals surface area contributed by atoms with Crippen LogP contribution in [0.4, 0.5) is 5.69 Å². The molecule has 1 heterocycles. The van der Waals surface area contributed by atoms with Gasteiger partial charge in [0.05, 0.1) is 4.92 Å². The van der Waals surface area contributed by atoms with Gasteiger partial charge >= 0.3 is 5.69 Å². The van der Waals surface area contributed by atoms with Gasteiger partial charge in [-0.05, 0) is 37.7 Å². The van der Waals surface area contributed by atoms with E-state index in [2.05, 4.69) is 17.2 Å². The highest BCUT2D eigenvalue weighted by molar-refractivity contribution is 6.32. The van der Waals surface area contributed by atoms with Crippen LogP contribution in [0.3, 0.4) is 0 Å². The molecule has 0 unspecified atom stereocenters. The molecule has 1 aromatic rings. The highest BCUT2D eigenvalue weighted by atomic mass is 35.5. The monoisotopic (exact) mass is 311 g/mol. The number of hydrogen-bond donors (Lipinski definition) is 1. The normalized spacial score (nSPS) is 21.8. The summed E-state index contributed by atoms with van der Waals surface area (Å²) < 4.78 is 0. The lowest BCUT2D eigenvalue weighted by molar-refractivity contribution is -0.385. The zero-order valence-corrected chi connectivity index (χ0v) is 12.6. The summed E-state index contributed by atoms with van der Waals surface area (Å²) in [5, 5.41) is 13.6. The molecule has 0 saturated heterocycles. The molecule has 0 aromatic carbocycles. The Balaban J connectivity index is 2.08. The van der Waals surface area contributed by atoms with Gasteiger partial charge in [-0.3, -0.25) is 14.9 Å². The lowest BCUT2D eigenvalue weighted by Crippen LogP contribution is -2.37. The number of nitrogens with one attached hydrogen (secondary N) is 1. The summed E-state index contributed by atoms with van der Waals surface area (Å²) in [6.45, 7) is 2.17. The second-order valence-corrected chi connectivity index (χ2v) is 5.71. The smallest absolute Gasteiger partial charge is 0.319 e. The summed E-state index contributed by atoms with van der Waals surface area (Å²) in [6.07, 6.45) is 6.46. The van der Waals surface area contributed by atoms with E-state index in [0.29, 0.717) is 0 Å². The molecule has 6 nitrogen and oxygen atoms in total. The van der Waals surface area contributed by atoms with E-state index in [1.165, 1.54) is 12.3 Å². The molecule has 1 fully saturated rings. The fourth-order valence-corrected chi connectivity index (χ4v) is 2.99. The lowest BCUT2D eigenvalue weighted by Gasteiger charge is -2.28. The molecule has 1 amide bonds. The molecule has 114 valence electrons. The van der Waals surface area contributed by atoms with E-state index >= 15 is 0 Å². The molecule has 0 aliphatic heterocycles. The van der Waals surface area contributed by atoms with Gasteiger partial charge in [-0.25, -0.2) is 4.98 Å². The minimum Gasteiger partial charge on any atom is -0.349 e. The highest BCUT2D eigenvalue weighted by Gasteiger charge is 2.27. The maximum atomic E-state index is 12.2. The average molecular weight is 312 g/mol. The van der Waals surface area contributed by atoms with Gasteiger partial charge in [0.25, 0.3) is 5.91 Å². The van der Waals surface area contributed by atoms with Crippen molar-refractivity contribution >= 4 is 23.2 Å². The van der Waals surface area contributed by atoms with Crippen molar-refractivity contribution in [2.24, 2.45) is 5.92 Å². The van der Waals surface area contributed by atoms with E-state index in [1.807, 2.05) is 0 Å². The summed E-state index contributed by atoms with van der Waals surface area (Å²) in [4.78, 5) is 26.2.